The molecular weight excluding hydrogens is 464 g/mol. The Kier molecular flexibility index (Phi) is 6.06. The fourth-order valence-electron chi connectivity index (χ4n) is 4.76. The Morgan fingerprint density at radius 1 is 1.11 bits per heavy atom. The normalized spacial score (nSPS) is 20.3. The molecule has 35 heavy (non-hydrogen) atoms. The van der Waals surface area contributed by atoms with E-state index in [1.807, 2.05) is 36.1 Å². The van der Waals surface area contributed by atoms with E-state index in [1.54, 1.807) is 20.0 Å². The number of carbonyl (C=O) groups excluding carboxylic acids is 1. The molecule has 188 valence electrons. The first-order valence-corrected chi connectivity index (χ1v) is 14.2. The summed E-state index contributed by atoms with van der Waals surface area (Å²) in [5.74, 6) is 0.910. The molecule has 5 rings (SSSR count). The number of rotatable bonds is 5. The number of hydrogen-bond donors (Lipinski definition) is 0. The summed E-state index contributed by atoms with van der Waals surface area (Å²) >= 11 is 0. The lowest BCUT2D eigenvalue weighted by Gasteiger charge is -2.44. The molecule has 1 aliphatic carbocycles. The van der Waals surface area contributed by atoms with Crippen molar-refractivity contribution in [1.29, 1.82) is 0 Å². The molecule has 1 amide bonds. The maximum atomic E-state index is 12.4. The number of nitrogens with zero attached hydrogens (tertiary/aromatic N) is 2. The van der Waals surface area contributed by atoms with Gasteiger partial charge in [-0.1, -0.05) is 6.07 Å². The van der Waals surface area contributed by atoms with Crippen LogP contribution in [0.25, 0.3) is 11.3 Å². The summed E-state index contributed by atoms with van der Waals surface area (Å²) in [4.78, 5) is 18.8. The topological polar surface area (TPSA) is 85.8 Å². The standard InChI is InChI=1S/C27H34N2O5S/c1-19(2)35(31,32)18-20-4-6-23(28-17-20)21-5-7-24-22(16-21)8-9-27(33-24)12-14-29(15-13-27)25(30)34-26(3)10-11-26/h4-7,16-17,19H,8-15,18H2,1-3H3. The Morgan fingerprint density at radius 3 is 2.49 bits per heavy atom. The summed E-state index contributed by atoms with van der Waals surface area (Å²) in [6, 6.07) is 9.87. The van der Waals surface area contributed by atoms with Crippen molar-refractivity contribution in [2.75, 3.05) is 13.1 Å². The second-order valence-electron chi connectivity index (χ2n) is 10.8. The average molecular weight is 499 g/mol. The Balaban J connectivity index is 1.22. The highest BCUT2D eigenvalue weighted by molar-refractivity contribution is 7.91. The number of piperidine rings is 1. The molecule has 1 saturated carbocycles. The Bertz CT molecular complexity index is 1210. The molecule has 2 aliphatic heterocycles. The SMILES string of the molecule is CC(C)S(=O)(=O)Cc1ccc(-c2ccc3c(c2)CCC2(CCN(C(=O)OC4(C)CC4)CC2)O3)nc1. The van der Waals surface area contributed by atoms with Crippen molar-refractivity contribution in [1.82, 2.24) is 9.88 Å². The number of aryl methyl sites for hydroxylation is 1. The van der Waals surface area contributed by atoms with Crippen molar-refractivity contribution >= 4 is 15.9 Å². The van der Waals surface area contributed by atoms with Gasteiger partial charge in [-0.15, -0.1) is 0 Å². The van der Waals surface area contributed by atoms with Gasteiger partial charge in [0.1, 0.15) is 17.0 Å². The van der Waals surface area contributed by atoms with Crippen molar-refractivity contribution in [2.24, 2.45) is 0 Å². The molecule has 0 unspecified atom stereocenters. The second-order valence-corrected chi connectivity index (χ2v) is 13.4. The highest BCUT2D eigenvalue weighted by Gasteiger charge is 2.45. The molecule has 1 aromatic carbocycles. The summed E-state index contributed by atoms with van der Waals surface area (Å²) in [6.45, 7) is 6.70. The van der Waals surface area contributed by atoms with Gasteiger partial charge in [0.2, 0.25) is 0 Å². The van der Waals surface area contributed by atoms with E-state index >= 15 is 0 Å². The van der Waals surface area contributed by atoms with Crippen LogP contribution in [-0.4, -0.2) is 53.9 Å². The monoisotopic (exact) mass is 498 g/mol. The third kappa shape index (κ3) is 5.17. The van der Waals surface area contributed by atoms with Gasteiger partial charge in [-0.2, -0.15) is 0 Å². The van der Waals surface area contributed by atoms with Crippen LogP contribution in [-0.2, 0) is 26.7 Å². The van der Waals surface area contributed by atoms with Gasteiger partial charge in [0.15, 0.2) is 9.84 Å². The molecule has 1 aromatic heterocycles. The number of fused-ring (bicyclic) bond motifs is 1. The Labute approximate surface area is 207 Å². The van der Waals surface area contributed by atoms with Crippen LogP contribution < -0.4 is 4.74 Å². The van der Waals surface area contributed by atoms with Gasteiger partial charge in [0, 0.05) is 37.7 Å². The van der Waals surface area contributed by atoms with Gasteiger partial charge in [0.25, 0.3) is 0 Å². The summed E-state index contributed by atoms with van der Waals surface area (Å²) < 4.78 is 36.5. The molecule has 0 bridgehead atoms. The van der Waals surface area contributed by atoms with Crippen LogP contribution in [0, 0.1) is 0 Å². The Morgan fingerprint density at radius 2 is 1.86 bits per heavy atom. The van der Waals surface area contributed by atoms with E-state index in [1.165, 1.54) is 0 Å². The lowest BCUT2D eigenvalue weighted by molar-refractivity contribution is -0.0201. The molecule has 1 spiro atoms. The number of sulfone groups is 1. The molecule has 2 fully saturated rings. The van der Waals surface area contributed by atoms with E-state index in [0.29, 0.717) is 18.7 Å². The molecule has 2 aromatic rings. The van der Waals surface area contributed by atoms with E-state index in [2.05, 4.69) is 11.1 Å². The van der Waals surface area contributed by atoms with Crippen LogP contribution in [0.4, 0.5) is 4.79 Å². The minimum absolute atomic E-state index is 0.00647. The maximum Gasteiger partial charge on any atom is 0.410 e. The van der Waals surface area contributed by atoms with E-state index in [-0.39, 0.29) is 23.0 Å². The highest BCUT2D eigenvalue weighted by Crippen LogP contribution is 2.42. The molecule has 3 aliphatic rings. The fraction of sp³-hybridized carbons (Fsp3) is 0.556. The van der Waals surface area contributed by atoms with E-state index in [4.69, 9.17) is 9.47 Å². The van der Waals surface area contributed by atoms with Gasteiger partial charge < -0.3 is 14.4 Å². The zero-order chi connectivity index (χ0) is 24.8. The van der Waals surface area contributed by atoms with Crippen molar-refractivity contribution < 1.29 is 22.7 Å². The summed E-state index contributed by atoms with van der Waals surface area (Å²) in [5, 5.41) is -0.404. The third-order valence-electron chi connectivity index (χ3n) is 7.66. The van der Waals surface area contributed by atoms with Crippen molar-refractivity contribution in [3.05, 3.63) is 47.7 Å². The first-order chi connectivity index (χ1) is 16.6. The predicted molar refractivity (Wildman–Crippen MR) is 134 cm³/mol. The predicted octanol–water partition coefficient (Wildman–Crippen LogP) is 4.92. The van der Waals surface area contributed by atoms with Gasteiger partial charge in [-0.3, -0.25) is 4.98 Å². The highest BCUT2D eigenvalue weighted by atomic mass is 32.2. The smallest absolute Gasteiger partial charge is 0.410 e. The Hall–Kier alpha value is -2.61. The quantitative estimate of drug-likeness (QED) is 0.582. The zero-order valence-corrected chi connectivity index (χ0v) is 21.6. The van der Waals surface area contributed by atoms with Crippen molar-refractivity contribution in [2.45, 2.75) is 81.5 Å². The van der Waals surface area contributed by atoms with Crippen molar-refractivity contribution in [3.8, 4) is 17.0 Å². The van der Waals surface area contributed by atoms with Crippen LogP contribution in [0.1, 0.15) is 64.0 Å². The minimum Gasteiger partial charge on any atom is -0.487 e. The number of pyridine rings is 1. The minimum atomic E-state index is -3.15. The molecule has 1 saturated heterocycles. The third-order valence-corrected chi connectivity index (χ3v) is 9.84. The summed E-state index contributed by atoms with van der Waals surface area (Å²) in [5.41, 5.74) is 3.20. The molecule has 0 N–H and O–H groups in total. The van der Waals surface area contributed by atoms with Crippen LogP contribution in [0.15, 0.2) is 36.5 Å². The molecule has 0 atom stereocenters. The van der Waals surface area contributed by atoms with E-state index in [0.717, 1.165) is 61.1 Å². The van der Waals surface area contributed by atoms with Crippen LogP contribution in [0.2, 0.25) is 0 Å². The second kappa shape index (κ2) is 8.80. The van der Waals surface area contributed by atoms with Crippen LogP contribution >= 0.6 is 0 Å². The summed E-state index contributed by atoms with van der Waals surface area (Å²) in [6.07, 6.45) is 6.82. The molecule has 7 nitrogen and oxygen atoms in total. The number of likely N-dealkylation sites (tertiary alicyclic amines) is 1. The fourth-order valence-corrected chi connectivity index (χ4v) is 5.73. The largest absolute Gasteiger partial charge is 0.487 e. The van der Waals surface area contributed by atoms with E-state index in [9.17, 15) is 13.2 Å². The first kappa shape index (κ1) is 24.1. The van der Waals surface area contributed by atoms with Gasteiger partial charge in [-0.05, 0) is 81.8 Å². The lowest BCUT2D eigenvalue weighted by Crippen LogP contribution is -2.51. The molecular formula is C27H34N2O5S. The number of benzene rings is 1. The number of amides is 1. The number of carbonyl (C=O) groups is 1. The number of ether oxygens (including phenoxy) is 2. The van der Waals surface area contributed by atoms with Gasteiger partial charge in [-0.25, -0.2) is 13.2 Å². The maximum absolute atomic E-state index is 12.4. The molecule has 8 heteroatoms. The summed E-state index contributed by atoms with van der Waals surface area (Å²) in [7, 11) is -3.15. The molecule has 3 heterocycles. The number of aromatic nitrogens is 1. The van der Waals surface area contributed by atoms with Gasteiger partial charge >= 0.3 is 6.09 Å². The van der Waals surface area contributed by atoms with Crippen molar-refractivity contribution in [3.63, 3.8) is 0 Å². The van der Waals surface area contributed by atoms with Gasteiger partial charge in [0.05, 0.1) is 16.7 Å². The average Bonchev–Trinajstić information content (AvgIpc) is 3.55. The first-order valence-electron chi connectivity index (χ1n) is 12.5. The van der Waals surface area contributed by atoms with E-state index < -0.39 is 15.1 Å². The van der Waals surface area contributed by atoms with Crippen LogP contribution in [0.5, 0.6) is 5.75 Å². The molecule has 0 radical (unpaired) electrons. The zero-order valence-electron chi connectivity index (χ0n) is 20.7. The van der Waals surface area contributed by atoms with Crippen LogP contribution in [0.3, 0.4) is 0 Å². The number of hydrogen-bond acceptors (Lipinski definition) is 6. The lowest BCUT2D eigenvalue weighted by atomic mass is 9.83.